The van der Waals surface area contributed by atoms with Gasteiger partial charge in [0.1, 0.15) is 5.75 Å². The molecule has 13 heteroatoms. The first-order valence-corrected chi connectivity index (χ1v) is 11.5. The molecule has 37 heavy (non-hydrogen) atoms. The third-order valence-electron chi connectivity index (χ3n) is 6.45. The molecule has 2 aromatic carbocycles. The highest BCUT2D eigenvalue weighted by atomic mass is 19.4. The van der Waals surface area contributed by atoms with E-state index in [4.69, 9.17) is 10.5 Å². The van der Waals surface area contributed by atoms with Gasteiger partial charge in [-0.15, -0.1) is 0 Å². The number of alkyl halides is 6. The molecule has 0 atom stereocenters. The van der Waals surface area contributed by atoms with Gasteiger partial charge >= 0.3 is 12.4 Å². The fourth-order valence-corrected chi connectivity index (χ4v) is 4.47. The highest BCUT2D eigenvalue weighted by molar-refractivity contribution is 6.01. The molecule has 0 spiro atoms. The number of nitrogens with zero attached hydrogens (tertiary/aromatic N) is 1. The molecular formula is C24H25F6N5O2. The van der Waals surface area contributed by atoms with Crippen LogP contribution >= 0.6 is 0 Å². The molecule has 1 aliphatic carbocycles. The van der Waals surface area contributed by atoms with Gasteiger partial charge in [-0.1, -0.05) is 6.07 Å². The van der Waals surface area contributed by atoms with Crippen molar-refractivity contribution in [2.75, 3.05) is 12.4 Å². The molecule has 0 bridgehead atoms. The normalized spacial score (nSPS) is 18.6. The Balaban J connectivity index is 1.56. The average molecular weight is 529 g/mol. The zero-order valence-corrected chi connectivity index (χ0v) is 19.7. The molecule has 5 N–H and O–H groups in total. The van der Waals surface area contributed by atoms with Crippen LogP contribution in [-0.4, -0.2) is 35.2 Å². The smallest absolute Gasteiger partial charge is 0.418 e. The number of aromatic nitrogens is 2. The lowest BCUT2D eigenvalue weighted by Gasteiger charge is -2.30. The first kappa shape index (κ1) is 26.6. The van der Waals surface area contributed by atoms with Crippen LogP contribution in [0.1, 0.15) is 47.2 Å². The highest BCUT2D eigenvalue weighted by Gasteiger charge is 2.41. The van der Waals surface area contributed by atoms with Gasteiger partial charge in [-0.25, -0.2) is 4.98 Å². The molecule has 3 aromatic rings. The fraction of sp³-hybridized carbons (Fsp3) is 0.417. The van der Waals surface area contributed by atoms with Crippen molar-refractivity contribution < 1.29 is 35.9 Å². The first-order chi connectivity index (χ1) is 17.4. The van der Waals surface area contributed by atoms with E-state index in [1.54, 1.807) is 0 Å². The van der Waals surface area contributed by atoms with Gasteiger partial charge < -0.3 is 26.1 Å². The fourth-order valence-electron chi connectivity index (χ4n) is 4.47. The summed E-state index contributed by atoms with van der Waals surface area (Å²) in [6.45, 7) is 0.0421. The summed E-state index contributed by atoms with van der Waals surface area (Å²) in [6, 6.07) is 5.97. The quantitative estimate of drug-likeness (QED) is 0.309. The first-order valence-electron chi connectivity index (χ1n) is 11.5. The van der Waals surface area contributed by atoms with Crippen LogP contribution in [0, 0.1) is 5.92 Å². The summed E-state index contributed by atoms with van der Waals surface area (Å²) in [7, 11) is 1.34. The molecule has 1 fully saturated rings. The summed E-state index contributed by atoms with van der Waals surface area (Å²) in [4.78, 5) is 20.1. The molecule has 7 nitrogen and oxygen atoms in total. The zero-order chi connectivity index (χ0) is 27.0. The summed E-state index contributed by atoms with van der Waals surface area (Å²) >= 11 is 0. The number of ether oxygens (including phenoxy) is 1. The number of imidazole rings is 1. The van der Waals surface area contributed by atoms with Crippen LogP contribution in [0.2, 0.25) is 0 Å². The lowest BCUT2D eigenvalue weighted by Crippen LogP contribution is -2.40. The molecule has 1 amide bonds. The molecule has 1 heterocycles. The van der Waals surface area contributed by atoms with Crippen LogP contribution in [-0.2, 0) is 12.7 Å². The van der Waals surface area contributed by atoms with Crippen molar-refractivity contribution in [2.45, 2.75) is 50.6 Å². The molecule has 0 radical (unpaired) electrons. The maximum atomic E-state index is 13.5. The van der Waals surface area contributed by atoms with Crippen LogP contribution in [0.25, 0.3) is 11.0 Å². The number of halogens is 6. The predicted molar refractivity (Wildman–Crippen MR) is 125 cm³/mol. The molecule has 0 unspecified atom stereocenters. The zero-order valence-electron chi connectivity index (χ0n) is 19.7. The average Bonchev–Trinajstić information content (AvgIpc) is 3.23. The molecular weight excluding hydrogens is 504 g/mol. The van der Waals surface area contributed by atoms with E-state index in [1.807, 2.05) is 0 Å². The number of nitrogens with two attached hydrogens (primary N) is 1. The van der Waals surface area contributed by atoms with E-state index in [2.05, 4.69) is 20.6 Å². The van der Waals surface area contributed by atoms with E-state index in [0.29, 0.717) is 11.1 Å². The third-order valence-corrected chi connectivity index (χ3v) is 6.45. The van der Waals surface area contributed by atoms with Gasteiger partial charge in [0.15, 0.2) is 0 Å². The van der Waals surface area contributed by atoms with Crippen molar-refractivity contribution in [3.05, 3.63) is 47.0 Å². The Morgan fingerprint density at radius 1 is 1.11 bits per heavy atom. The molecule has 4 rings (SSSR count). The predicted octanol–water partition coefficient (Wildman–Crippen LogP) is 5.64. The minimum Gasteiger partial charge on any atom is -0.496 e. The minimum absolute atomic E-state index is 0.000226. The van der Waals surface area contributed by atoms with Crippen molar-refractivity contribution >= 4 is 28.6 Å². The summed E-state index contributed by atoms with van der Waals surface area (Å²) in [5.41, 5.74) is 5.68. The SMILES string of the molecule is COc1cc2[nH]c(Nc3cc(CN)ccc3C(F)(F)F)nc2cc1C(=O)NC1CCC(C(F)(F)F)CC1. The van der Waals surface area contributed by atoms with Gasteiger partial charge in [0.25, 0.3) is 5.91 Å². The topological polar surface area (TPSA) is 105 Å². The van der Waals surface area contributed by atoms with Gasteiger partial charge in [-0.05, 0) is 49.4 Å². The number of aromatic amines is 1. The van der Waals surface area contributed by atoms with Crippen LogP contribution in [0.15, 0.2) is 30.3 Å². The number of amides is 1. The summed E-state index contributed by atoms with van der Waals surface area (Å²) in [6.07, 6.45) is -8.61. The molecule has 1 saturated carbocycles. The Hall–Kier alpha value is -3.48. The largest absolute Gasteiger partial charge is 0.496 e. The van der Waals surface area contributed by atoms with Crippen molar-refractivity contribution in [2.24, 2.45) is 11.7 Å². The van der Waals surface area contributed by atoms with Gasteiger partial charge in [0.05, 0.1) is 40.9 Å². The van der Waals surface area contributed by atoms with Crippen molar-refractivity contribution in [3.8, 4) is 5.75 Å². The number of hydrogen-bond donors (Lipinski definition) is 4. The number of anilines is 2. The Morgan fingerprint density at radius 3 is 2.41 bits per heavy atom. The highest BCUT2D eigenvalue weighted by Crippen LogP contribution is 2.38. The lowest BCUT2D eigenvalue weighted by molar-refractivity contribution is -0.182. The number of benzene rings is 2. The van der Waals surface area contributed by atoms with Gasteiger partial charge in [0.2, 0.25) is 5.95 Å². The number of H-pyrrole nitrogens is 1. The van der Waals surface area contributed by atoms with E-state index >= 15 is 0 Å². The van der Waals surface area contributed by atoms with Crippen LogP contribution in [0.3, 0.4) is 0 Å². The molecule has 1 aliphatic rings. The van der Waals surface area contributed by atoms with Gasteiger partial charge in [0, 0.05) is 18.7 Å². The van der Waals surface area contributed by atoms with Crippen molar-refractivity contribution in [3.63, 3.8) is 0 Å². The monoisotopic (exact) mass is 529 g/mol. The van der Waals surface area contributed by atoms with E-state index in [0.717, 1.165) is 6.07 Å². The van der Waals surface area contributed by atoms with E-state index in [-0.39, 0.29) is 60.7 Å². The van der Waals surface area contributed by atoms with Crippen molar-refractivity contribution in [1.29, 1.82) is 0 Å². The Bertz CT molecular complexity index is 1280. The molecule has 0 saturated heterocycles. The maximum Gasteiger partial charge on any atom is 0.418 e. The number of carbonyl (C=O) groups excluding carboxylic acids is 1. The summed E-state index contributed by atoms with van der Waals surface area (Å²) in [5.74, 6) is -1.74. The second-order valence-electron chi connectivity index (χ2n) is 8.93. The maximum absolute atomic E-state index is 13.5. The lowest BCUT2D eigenvalue weighted by atomic mass is 9.85. The van der Waals surface area contributed by atoms with Gasteiger partial charge in [-0.2, -0.15) is 26.3 Å². The van der Waals surface area contributed by atoms with E-state index < -0.39 is 35.8 Å². The van der Waals surface area contributed by atoms with Crippen LogP contribution in [0.5, 0.6) is 5.75 Å². The molecule has 0 aliphatic heterocycles. The summed E-state index contributed by atoms with van der Waals surface area (Å²) < 4.78 is 84.5. The van der Waals surface area contributed by atoms with E-state index in [1.165, 1.54) is 31.4 Å². The van der Waals surface area contributed by atoms with Crippen LogP contribution < -0.4 is 21.1 Å². The standard InChI is InChI=1S/C24H25F6N5O2/c1-37-20-10-19-18(9-15(20)21(36)32-14-5-3-13(4-6-14)23(25,26)27)34-22(35-19)33-17-8-12(11-31)2-7-16(17)24(28,29)30/h2,7-10,13-14H,3-6,11,31H2,1H3,(H,32,36)(H2,33,34,35). The second kappa shape index (κ2) is 10.1. The number of fused-ring (bicyclic) bond motifs is 1. The van der Waals surface area contributed by atoms with E-state index in [9.17, 15) is 31.1 Å². The molecule has 200 valence electrons. The number of carbonyl (C=O) groups is 1. The second-order valence-corrected chi connectivity index (χ2v) is 8.93. The minimum atomic E-state index is -4.62. The number of rotatable bonds is 6. The summed E-state index contributed by atoms with van der Waals surface area (Å²) in [5, 5.41) is 5.39. The number of methoxy groups -OCH3 is 1. The van der Waals surface area contributed by atoms with Crippen molar-refractivity contribution in [1.82, 2.24) is 15.3 Å². The third kappa shape index (κ3) is 5.92. The van der Waals surface area contributed by atoms with Crippen LogP contribution in [0.4, 0.5) is 38.0 Å². The molecule has 1 aromatic heterocycles. The Kier molecular flexibility index (Phi) is 7.27. The van der Waals surface area contributed by atoms with Gasteiger partial charge in [-0.3, -0.25) is 4.79 Å². The number of hydrogen-bond acceptors (Lipinski definition) is 5. The Labute approximate surface area is 207 Å². The Morgan fingerprint density at radius 2 is 1.81 bits per heavy atom. The number of nitrogens with one attached hydrogen (secondary N) is 3.